The number of benzene rings is 3. The van der Waals surface area contributed by atoms with Crippen molar-refractivity contribution in [3.05, 3.63) is 113 Å². The summed E-state index contributed by atoms with van der Waals surface area (Å²) >= 11 is 0. The first kappa shape index (κ1) is 34.4. The maximum Gasteiger partial charge on any atom is 0.350 e. The third-order valence-electron chi connectivity index (χ3n) is 9.26. The van der Waals surface area contributed by atoms with Crippen molar-refractivity contribution >= 4 is 11.4 Å². The molecule has 2 aromatic heterocycles. The van der Waals surface area contributed by atoms with Gasteiger partial charge in [0.15, 0.2) is 0 Å². The van der Waals surface area contributed by atoms with Crippen LogP contribution in [0.5, 0.6) is 5.75 Å². The van der Waals surface area contributed by atoms with Crippen molar-refractivity contribution in [2.45, 2.75) is 52.2 Å². The van der Waals surface area contributed by atoms with Gasteiger partial charge < -0.3 is 24.0 Å². The number of aryl methyl sites for hydroxylation is 1. The summed E-state index contributed by atoms with van der Waals surface area (Å²) in [5, 5.41) is 8.42. The molecule has 0 aliphatic carbocycles. The lowest BCUT2D eigenvalue weighted by atomic mass is 9.92. The summed E-state index contributed by atoms with van der Waals surface area (Å²) in [4.78, 5) is 21.5. The van der Waals surface area contributed by atoms with Crippen LogP contribution < -0.4 is 20.2 Å². The summed E-state index contributed by atoms with van der Waals surface area (Å²) in [6.45, 7) is 10.8. The van der Waals surface area contributed by atoms with E-state index in [0.717, 1.165) is 55.7 Å². The third kappa shape index (κ3) is 7.81. The molecular formula is C37H42F2N8O4. The van der Waals surface area contributed by atoms with Gasteiger partial charge in [0.2, 0.25) is 5.79 Å². The van der Waals surface area contributed by atoms with E-state index in [-0.39, 0.29) is 36.4 Å². The second-order valence-electron chi connectivity index (χ2n) is 14.1. The van der Waals surface area contributed by atoms with E-state index in [9.17, 15) is 13.6 Å². The van der Waals surface area contributed by atoms with Crippen LogP contribution in [-0.4, -0.2) is 74.6 Å². The van der Waals surface area contributed by atoms with E-state index < -0.39 is 23.5 Å². The fraction of sp³-hybridized carbons (Fsp3) is 0.405. The first-order valence-corrected chi connectivity index (χ1v) is 17.1. The SMILES string of the molecule is CC(C)(C)CCn1ncn(-c2ccc(N3CCN(c4ccc(OC[C@@H]5CO[C@@](Cn6cncn6)(c6ccc(F)cc6F)O5)cc4)CC3)cc2)c1=O. The summed E-state index contributed by atoms with van der Waals surface area (Å²) in [5.41, 5.74) is 3.09. The maximum atomic E-state index is 14.9. The zero-order valence-electron chi connectivity index (χ0n) is 29.0. The van der Waals surface area contributed by atoms with Crippen molar-refractivity contribution in [2.75, 3.05) is 49.2 Å². The third-order valence-corrected chi connectivity index (χ3v) is 9.26. The highest BCUT2D eigenvalue weighted by atomic mass is 19.1. The van der Waals surface area contributed by atoms with Gasteiger partial charge in [-0.05, 0) is 72.5 Å². The average molecular weight is 701 g/mol. The van der Waals surface area contributed by atoms with Gasteiger partial charge in [-0.2, -0.15) is 10.2 Å². The predicted molar refractivity (Wildman–Crippen MR) is 187 cm³/mol. The molecule has 51 heavy (non-hydrogen) atoms. The molecule has 0 spiro atoms. The van der Waals surface area contributed by atoms with E-state index >= 15 is 0 Å². The molecule has 0 unspecified atom stereocenters. The van der Waals surface area contributed by atoms with Crippen molar-refractivity contribution in [3.8, 4) is 11.4 Å². The molecule has 7 rings (SSSR count). The molecule has 0 N–H and O–H groups in total. The lowest BCUT2D eigenvalue weighted by molar-refractivity contribution is -0.192. The fourth-order valence-corrected chi connectivity index (χ4v) is 6.38. The van der Waals surface area contributed by atoms with Gasteiger partial charge in [0.05, 0.1) is 12.3 Å². The van der Waals surface area contributed by atoms with E-state index in [2.05, 4.69) is 57.9 Å². The van der Waals surface area contributed by atoms with Gasteiger partial charge in [-0.3, -0.25) is 0 Å². The lowest BCUT2D eigenvalue weighted by Crippen LogP contribution is -2.46. The lowest BCUT2D eigenvalue weighted by Gasteiger charge is -2.37. The molecule has 2 aliphatic rings. The number of anilines is 2. The summed E-state index contributed by atoms with van der Waals surface area (Å²) < 4.78 is 51.5. The largest absolute Gasteiger partial charge is 0.491 e. The summed E-state index contributed by atoms with van der Waals surface area (Å²) in [5.74, 6) is -2.30. The van der Waals surface area contributed by atoms with Gasteiger partial charge in [0.25, 0.3) is 0 Å². The molecule has 2 saturated heterocycles. The molecular weight excluding hydrogens is 658 g/mol. The highest BCUT2D eigenvalue weighted by Crippen LogP contribution is 2.38. The van der Waals surface area contributed by atoms with Crippen molar-refractivity contribution in [3.63, 3.8) is 0 Å². The van der Waals surface area contributed by atoms with E-state index in [1.54, 1.807) is 10.9 Å². The van der Waals surface area contributed by atoms with Crippen LogP contribution in [0.15, 0.2) is 90.5 Å². The zero-order valence-corrected chi connectivity index (χ0v) is 29.0. The monoisotopic (exact) mass is 700 g/mol. The molecule has 0 radical (unpaired) electrons. The van der Waals surface area contributed by atoms with Gasteiger partial charge >= 0.3 is 5.69 Å². The first-order chi connectivity index (χ1) is 24.5. The van der Waals surface area contributed by atoms with Gasteiger partial charge in [-0.15, -0.1) is 0 Å². The number of hydrogen-bond acceptors (Lipinski definition) is 9. The Morgan fingerprint density at radius 2 is 1.55 bits per heavy atom. The van der Waals surface area contributed by atoms with E-state index in [1.807, 2.05) is 36.4 Å². The Hall–Kier alpha value is -5.08. The van der Waals surface area contributed by atoms with Crippen LogP contribution in [0.2, 0.25) is 0 Å². The molecule has 2 aliphatic heterocycles. The average Bonchev–Trinajstić information content (AvgIpc) is 3.88. The first-order valence-electron chi connectivity index (χ1n) is 17.1. The molecule has 4 heterocycles. The smallest absolute Gasteiger partial charge is 0.350 e. The minimum Gasteiger partial charge on any atom is -0.491 e. The predicted octanol–water partition coefficient (Wildman–Crippen LogP) is 5.01. The van der Waals surface area contributed by atoms with Crippen molar-refractivity contribution in [1.29, 1.82) is 0 Å². The minimum absolute atomic E-state index is 0.0329. The Morgan fingerprint density at radius 1 is 0.882 bits per heavy atom. The van der Waals surface area contributed by atoms with Gasteiger partial charge in [-0.1, -0.05) is 20.8 Å². The van der Waals surface area contributed by atoms with E-state index in [4.69, 9.17) is 14.2 Å². The quantitative estimate of drug-likeness (QED) is 0.188. The molecule has 14 heteroatoms. The van der Waals surface area contributed by atoms with Gasteiger partial charge in [0, 0.05) is 55.7 Å². The maximum absolute atomic E-state index is 14.9. The summed E-state index contributed by atoms with van der Waals surface area (Å²) in [7, 11) is 0. The zero-order chi connectivity index (χ0) is 35.6. The van der Waals surface area contributed by atoms with E-state index in [1.165, 1.54) is 34.2 Å². The highest BCUT2D eigenvalue weighted by Gasteiger charge is 2.46. The molecule has 0 amide bonds. The Balaban J connectivity index is 0.912. The number of hydrogen-bond donors (Lipinski definition) is 0. The number of ether oxygens (including phenoxy) is 3. The Labute approximate surface area is 294 Å². The molecule has 3 aromatic carbocycles. The van der Waals surface area contributed by atoms with Crippen LogP contribution in [0, 0.1) is 17.0 Å². The second-order valence-corrected chi connectivity index (χ2v) is 14.1. The molecule has 0 saturated carbocycles. The van der Waals surface area contributed by atoms with Crippen LogP contribution in [0.3, 0.4) is 0 Å². The standard InChI is InChI=1S/C37H42F2N8O4/c1-36(2,3)14-15-47-35(48)46(26-42-47)30-7-5-28(6-8-30)43-16-18-44(19-17-43)29-9-11-31(12-10-29)49-21-32-22-50-37(51-32,23-45-25-40-24-41-45)33-13-4-27(38)20-34(33)39/h4-13,20,24-26,32H,14-19,21-23H2,1-3H3/t32-,37-/m1/s1. The molecule has 268 valence electrons. The number of halogens is 2. The molecule has 0 bridgehead atoms. The van der Waals surface area contributed by atoms with Crippen LogP contribution in [0.25, 0.3) is 5.69 Å². The summed E-state index contributed by atoms with van der Waals surface area (Å²) in [6, 6.07) is 19.3. The molecule has 2 atom stereocenters. The number of aromatic nitrogens is 6. The minimum atomic E-state index is -1.51. The van der Waals surface area contributed by atoms with Gasteiger partial charge in [-0.25, -0.2) is 32.5 Å². The molecule has 2 fully saturated rings. The van der Waals surface area contributed by atoms with Crippen molar-refractivity contribution in [1.82, 2.24) is 29.1 Å². The normalized spacial score (nSPS) is 19.5. The summed E-state index contributed by atoms with van der Waals surface area (Å²) in [6.07, 6.45) is 4.81. The van der Waals surface area contributed by atoms with Crippen molar-refractivity contribution < 1.29 is 23.0 Å². The number of rotatable bonds is 11. The second kappa shape index (κ2) is 14.3. The molecule has 5 aromatic rings. The Bertz CT molecular complexity index is 1970. The van der Waals surface area contributed by atoms with Crippen LogP contribution in [0.4, 0.5) is 20.2 Å². The van der Waals surface area contributed by atoms with Crippen LogP contribution >= 0.6 is 0 Å². The van der Waals surface area contributed by atoms with E-state index in [0.29, 0.717) is 12.3 Å². The fourth-order valence-electron chi connectivity index (χ4n) is 6.38. The highest BCUT2D eigenvalue weighted by molar-refractivity contribution is 5.54. The van der Waals surface area contributed by atoms with Crippen molar-refractivity contribution in [2.24, 2.45) is 5.41 Å². The van der Waals surface area contributed by atoms with Gasteiger partial charge in [0.1, 0.15) is 55.6 Å². The van der Waals surface area contributed by atoms with Crippen LogP contribution in [0.1, 0.15) is 32.8 Å². The number of piperazine rings is 1. The topological polar surface area (TPSA) is 105 Å². The Morgan fingerprint density at radius 3 is 2.18 bits per heavy atom. The number of nitrogens with zero attached hydrogens (tertiary/aromatic N) is 8. The Kier molecular flexibility index (Phi) is 9.62. The van der Waals surface area contributed by atoms with Crippen LogP contribution in [-0.2, 0) is 28.4 Å². The molecule has 12 nitrogen and oxygen atoms in total.